The molecule has 5 nitrogen and oxygen atoms in total. The number of likely N-dealkylation sites (tertiary alicyclic amines) is 4. The maximum absolute atomic E-state index is 12.4. The van der Waals surface area contributed by atoms with Crippen LogP contribution in [0.5, 0.6) is 0 Å². The third kappa shape index (κ3) is 2.85. The molecule has 0 unspecified atom stereocenters. The first-order valence-electron chi connectivity index (χ1n) is 9.23. The molecule has 0 saturated carbocycles. The van der Waals surface area contributed by atoms with Gasteiger partial charge in [-0.25, -0.2) is 4.79 Å². The van der Waals surface area contributed by atoms with Crippen molar-refractivity contribution < 1.29 is 4.79 Å². The standard InChI is InChI=1S/C17H30N4O/c22-16(20-8-3-4-9-20)21-14-17(15-21)5-10-19(13-17)12-11-18-6-1-2-7-18/h1-15H2. The summed E-state index contributed by atoms with van der Waals surface area (Å²) in [6.45, 7) is 11.5. The van der Waals surface area contributed by atoms with Crippen LogP contribution < -0.4 is 0 Å². The Morgan fingerprint density at radius 1 is 0.727 bits per heavy atom. The lowest BCUT2D eigenvalue weighted by atomic mass is 9.79. The number of carbonyl (C=O) groups is 1. The van der Waals surface area contributed by atoms with Crippen molar-refractivity contribution in [2.24, 2.45) is 5.41 Å². The lowest BCUT2D eigenvalue weighted by Crippen LogP contribution is -2.62. The predicted octanol–water partition coefficient (Wildman–Crippen LogP) is 1.31. The quantitative estimate of drug-likeness (QED) is 0.787. The lowest BCUT2D eigenvalue weighted by molar-refractivity contribution is 0.0253. The van der Waals surface area contributed by atoms with Gasteiger partial charge in [0.05, 0.1) is 0 Å². The van der Waals surface area contributed by atoms with Crippen LogP contribution in [0.3, 0.4) is 0 Å². The Hall–Kier alpha value is -0.810. The average Bonchev–Trinajstić information content (AvgIpc) is 3.21. The third-order valence-corrected chi connectivity index (χ3v) is 6.15. The predicted molar refractivity (Wildman–Crippen MR) is 86.9 cm³/mol. The van der Waals surface area contributed by atoms with E-state index in [2.05, 4.69) is 14.7 Å². The van der Waals surface area contributed by atoms with Crippen LogP contribution in [-0.2, 0) is 0 Å². The Kier molecular flexibility index (Phi) is 4.03. The molecule has 4 aliphatic heterocycles. The minimum Gasteiger partial charge on any atom is -0.325 e. The SMILES string of the molecule is O=C(N1CCCC1)N1CC2(CCN(CCN3CCCC3)C2)C1. The largest absolute Gasteiger partial charge is 0.325 e. The van der Waals surface area contributed by atoms with Crippen LogP contribution in [0.25, 0.3) is 0 Å². The number of hydrogen-bond acceptors (Lipinski definition) is 3. The first-order valence-corrected chi connectivity index (χ1v) is 9.23. The van der Waals surface area contributed by atoms with Gasteiger partial charge in [-0.05, 0) is 51.7 Å². The minimum absolute atomic E-state index is 0.304. The highest BCUT2D eigenvalue weighted by atomic mass is 16.2. The Morgan fingerprint density at radius 3 is 2.09 bits per heavy atom. The van der Waals surface area contributed by atoms with E-state index in [0.717, 1.165) is 26.2 Å². The Bertz CT molecular complexity index is 409. The summed E-state index contributed by atoms with van der Waals surface area (Å²) in [5.74, 6) is 0. The topological polar surface area (TPSA) is 30.0 Å². The van der Waals surface area contributed by atoms with Gasteiger partial charge in [0, 0.05) is 51.2 Å². The monoisotopic (exact) mass is 306 g/mol. The first kappa shape index (κ1) is 14.8. The zero-order valence-electron chi connectivity index (χ0n) is 13.8. The third-order valence-electron chi connectivity index (χ3n) is 6.15. The van der Waals surface area contributed by atoms with E-state index in [9.17, 15) is 4.79 Å². The number of amides is 2. The number of hydrogen-bond donors (Lipinski definition) is 0. The molecule has 5 heteroatoms. The maximum Gasteiger partial charge on any atom is 0.320 e. The molecule has 4 saturated heterocycles. The Morgan fingerprint density at radius 2 is 1.36 bits per heavy atom. The van der Waals surface area contributed by atoms with Gasteiger partial charge in [-0.2, -0.15) is 0 Å². The van der Waals surface area contributed by atoms with E-state index in [1.165, 1.54) is 71.4 Å². The lowest BCUT2D eigenvalue weighted by Gasteiger charge is -2.49. The molecule has 0 bridgehead atoms. The van der Waals surface area contributed by atoms with Gasteiger partial charge in [-0.15, -0.1) is 0 Å². The second-order valence-corrected chi connectivity index (χ2v) is 7.91. The van der Waals surface area contributed by atoms with Crippen LogP contribution in [0.4, 0.5) is 4.79 Å². The molecule has 4 heterocycles. The Labute approximate surface area is 134 Å². The molecule has 4 aliphatic rings. The molecular weight excluding hydrogens is 276 g/mol. The van der Waals surface area contributed by atoms with Crippen molar-refractivity contribution in [3.63, 3.8) is 0 Å². The molecule has 0 atom stereocenters. The summed E-state index contributed by atoms with van der Waals surface area (Å²) in [5.41, 5.74) is 0.431. The summed E-state index contributed by atoms with van der Waals surface area (Å²) in [4.78, 5) is 21.8. The highest BCUT2D eigenvalue weighted by Crippen LogP contribution is 2.40. The van der Waals surface area contributed by atoms with Gasteiger partial charge in [0.25, 0.3) is 0 Å². The van der Waals surface area contributed by atoms with Crippen LogP contribution in [0.15, 0.2) is 0 Å². The van der Waals surface area contributed by atoms with Crippen molar-refractivity contribution >= 4 is 6.03 Å². The fraction of sp³-hybridized carbons (Fsp3) is 0.941. The van der Waals surface area contributed by atoms with E-state index >= 15 is 0 Å². The maximum atomic E-state index is 12.4. The number of carbonyl (C=O) groups excluding carboxylic acids is 1. The van der Waals surface area contributed by atoms with Gasteiger partial charge >= 0.3 is 6.03 Å². The molecule has 0 aromatic heterocycles. The minimum atomic E-state index is 0.304. The summed E-state index contributed by atoms with van der Waals surface area (Å²) < 4.78 is 0. The van der Waals surface area contributed by atoms with Crippen LogP contribution in [0, 0.1) is 5.41 Å². The van der Waals surface area contributed by atoms with Gasteiger partial charge in [-0.3, -0.25) is 0 Å². The summed E-state index contributed by atoms with van der Waals surface area (Å²) >= 11 is 0. The van der Waals surface area contributed by atoms with Crippen molar-refractivity contribution in [3.05, 3.63) is 0 Å². The van der Waals surface area contributed by atoms with Gasteiger partial charge in [0.2, 0.25) is 0 Å². The fourth-order valence-corrected chi connectivity index (χ4v) is 4.77. The molecule has 124 valence electrons. The number of rotatable bonds is 3. The van der Waals surface area contributed by atoms with Crippen molar-refractivity contribution in [3.8, 4) is 0 Å². The second kappa shape index (κ2) is 6.00. The molecule has 4 rings (SSSR count). The summed E-state index contributed by atoms with van der Waals surface area (Å²) in [6, 6.07) is 0.304. The van der Waals surface area contributed by atoms with E-state index in [1.54, 1.807) is 0 Å². The molecule has 0 aromatic carbocycles. The molecule has 0 aliphatic carbocycles. The van der Waals surface area contributed by atoms with E-state index in [0.29, 0.717) is 11.4 Å². The second-order valence-electron chi connectivity index (χ2n) is 7.91. The van der Waals surface area contributed by atoms with Crippen LogP contribution in [0.2, 0.25) is 0 Å². The highest BCUT2D eigenvalue weighted by Gasteiger charge is 2.49. The summed E-state index contributed by atoms with van der Waals surface area (Å²) in [5, 5.41) is 0. The van der Waals surface area contributed by atoms with Crippen LogP contribution >= 0.6 is 0 Å². The molecule has 2 amide bonds. The van der Waals surface area contributed by atoms with E-state index in [-0.39, 0.29) is 0 Å². The van der Waals surface area contributed by atoms with Crippen molar-refractivity contribution in [2.75, 3.05) is 65.4 Å². The molecule has 0 N–H and O–H groups in total. The molecular formula is C17H30N4O. The Balaban J connectivity index is 1.21. The molecule has 22 heavy (non-hydrogen) atoms. The molecule has 1 spiro atoms. The normalized spacial score (nSPS) is 28.7. The molecule has 4 fully saturated rings. The van der Waals surface area contributed by atoms with Gasteiger partial charge in [-0.1, -0.05) is 0 Å². The van der Waals surface area contributed by atoms with Gasteiger partial charge in [0.1, 0.15) is 0 Å². The number of nitrogens with zero attached hydrogens (tertiary/aromatic N) is 4. The van der Waals surface area contributed by atoms with E-state index < -0.39 is 0 Å². The van der Waals surface area contributed by atoms with Gasteiger partial charge in [0.15, 0.2) is 0 Å². The van der Waals surface area contributed by atoms with Crippen LogP contribution in [0.1, 0.15) is 32.1 Å². The number of urea groups is 1. The van der Waals surface area contributed by atoms with E-state index in [4.69, 9.17) is 0 Å². The van der Waals surface area contributed by atoms with E-state index in [1.807, 2.05) is 4.90 Å². The first-order chi connectivity index (χ1) is 10.7. The highest BCUT2D eigenvalue weighted by molar-refractivity contribution is 5.75. The fourth-order valence-electron chi connectivity index (χ4n) is 4.77. The van der Waals surface area contributed by atoms with Crippen molar-refractivity contribution in [2.45, 2.75) is 32.1 Å². The van der Waals surface area contributed by atoms with Crippen molar-refractivity contribution in [1.29, 1.82) is 0 Å². The zero-order valence-corrected chi connectivity index (χ0v) is 13.8. The van der Waals surface area contributed by atoms with Crippen LogP contribution in [-0.4, -0.2) is 91.1 Å². The molecule has 0 aromatic rings. The van der Waals surface area contributed by atoms with Crippen molar-refractivity contribution in [1.82, 2.24) is 19.6 Å². The average molecular weight is 306 g/mol. The molecule has 0 radical (unpaired) electrons. The summed E-state index contributed by atoms with van der Waals surface area (Å²) in [6.07, 6.45) is 6.44. The smallest absolute Gasteiger partial charge is 0.320 e. The zero-order chi connectivity index (χ0) is 15.0. The van der Waals surface area contributed by atoms with Gasteiger partial charge < -0.3 is 19.6 Å². The summed E-state index contributed by atoms with van der Waals surface area (Å²) in [7, 11) is 0.